The molecule has 0 saturated carbocycles. The number of aliphatic hydroxyl groups is 1. The fourth-order valence-electron chi connectivity index (χ4n) is 1.40. The van der Waals surface area contributed by atoms with Crippen LogP contribution in [0.5, 0.6) is 5.75 Å². The maximum atomic E-state index is 11.3. The zero-order valence-electron chi connectivity index (χ0n) is 10.2. The van der Waals surface area contributed by atoms with Crippen molar-refractivity contribution in [2.75, 3.05) is 13.7 Å². The van der Waals surface area contributed by atoms with Gasteiger partial charge in [0.2, 0.25) is 0 Å². The van der Waals surface area contributed by atoms with Gasteiger partial charge in [-0.2, -0.15) is 0 Å². The Morgan fingerprint density at radius 3 is 2.88 bits per heavy atom. The molecule has 0 aliphatic carbocycles. The van der Waals surface area contributed by atoms with Crippen LogP contribution in [0.2, 0.25) is 0 Å². The standard InChI is InChI=1S/C13H18O4/c1-3-7-17-13(15)9-12(14)10-5-4-6-11(8-10)16-2/h4-6,8,12,14H,3,7,9H2,1-2H3. The summed E-state index contributed by atoms with van der Waals surface area (Å²) >= 11 is 0. The minimum absolute atomic E-state index is 0.0346. The van der Waals surface area contributed by atoms with E-state index in [0.29, 0.717) is 17.9 Å². The third-order valence-electron chi connectivity index (χ3n) is 2.31. The number of ether oxygens (including phenoxy) is 2. The average Bonchev–Trinajstić information content (AvgIpc) is 2.36. The van der Waals surface area contributed by atoms with Crippen LogP contribution < -0.4 is 4.74 Å². The Morgan fingerprint density at radius 2 is 2.24 bits per heavy atom. The first-order valence-corrected chi connectivity index (χ1v) is 5.65. The Kier molecular flexibility index (Phi) is 5.49. The second-order valence-corrected chi connectivity index (χ2v) is 3.72. The molecule has 0 aliphatic heterocycles. The lowest BCUT2D eigenvalue weighted by Crippen LogP contribution is -2.10. The van der Waals surface area contributed by atoms with Gasteiger partial charge < -0.3 is 14.6 Å². The zero-order valence-corrected chi connectivity index (χ0v) is 10.2. The Bertz CT molecular complexity index is 362. The fourth-order valence-corrected chi connectivity index (χ4v) is 1.40. The number of rotatable bonds is 6. The van der Waals surface area contributed by atoms with Gasteiger partial charge in [-0.15, -0.1) is 0 Å². The largest absolute Gasteiger partial charge is 0.497 e. The van der Waals surface area contributed by atoms with Gasteiger partial charge in [0, 0.05) is 0 Å². The molecule has 0 radical (unpaired) electrons. The van der Waals surface area contributed by atoms with E-state index in [9.17, 15) is 9.90 Å². The van der Waals surface area contributed by atoms with Gasteiger partial charge >= 0.3 is 5.97 Å². The first-order chi connectivity index (χ1) is 8.17. The number of benzene rings is 1. The van der Waals surface area contributed by atoms with Crippen molar-refractivity contribution in [2.24, 2.45) is 0 Å². The molecule has 0 fully saturated rings. The normalized spacial score (nSPS) is 11.9. The van der Waals surface area contributed by atoms with Gasteiger partial charge in [0.05, 0.1) is 26.2 Å². The van der Waals surface area contributed by atoms with Crippen LogP contribution in [0.3, 0.4) is 0 Å². The molecule has 4 heteroatoms. The molecule has 17 heavy (non-hydrogen) atoms. The van der Waals surface area contributed by atoms with Crippen molar-refractivity contribution >= 4 is 5.97 Å². The Morgan fingerprint density at radius 1 is 1.47 bits per heavy atom. The van der Waals surface area contributed by atoms with Crippen LogP contribution in [-0.4, -0.2) is 24.8 Å². The number of hydrogen-bond donors (Lipinski definition) is 1. The predicted octanol–water partition coefficient (Wildman–Crippen LogP) is 2.07. The zero-order chi connectivity index (χ0) is 12.7. The molecule has 0 heterocycles. The van der Waals surface area contributed by atoms with Crippen LogP contribution >= 0.6 is 0 Å². The smallest absolute Gasteiger partial charge is 0.308 e. The molecule has 1 aromatic carbocycles. The molecule has 0 amide bonds. The summed E-state index contributed by atoms with van der Waals surface area (Å²) in [5.41, 5.74) is 0.651. The van der Waals surface area contributed by atoms with E-state index in [1.807, 2.05) is 6.92 Å². The minimum atomic E-state index is -0.852. The average molecular weight is 238 g/mol. The molecule has 0 aliphatic rings. The molecule has 1 atom stereocenters. The van der Waals surface area contributed by atoms with Crippen LogP contribution in [0, 0.1) is 0 Å². The highest BCUT2D eigenvalue weighted by molar-refractivity contribution is 5.70. The molecule has 1 N–H and O–H groups in total. The van der Waals surface area contributed by atoms with E-state index in [0.717, 1.165) is 6.42 Å². The van der Waals surface area contributed by atoms with E-state index < -0.39 is 6.10 Å². The number of hydrogen-bond acceptors (Lipinski definition) is 4. The Labute approximate surface area is 101 Å². The van der Waals surface area contributed by atoms with Gasteiger partial charge in [-0.25, -0.2) is 0 Å². The second kappa shape index (κ2) is 6.91. The molecule has 0 spiro atoms. The van der Waals surface area contributed by atoms with Crippen molar-refractivity contribution < 1.29 is 19.4 Å². The molecule has 0 saturated heterocycles. The molecular weight excluding hydrogens is 220 g/mol. The lowest BCUT2D eigenvalue weighted by molar-refractivity contribution is -0.146. The summed E-state index contributed by atoms with van der Waals surface area (Å²) in [6.45, 7) is 2.31. The predicted molar refractivity (Wildman–Crippen MR) is 63.8 cm³/mol. The third kappa shape index (κ3) is 4.44. The number of methoxy groups -OCH3 is 1. The van der Waals surface area contributed by atoms with E-state index in [2.05, 4.69) is 0 Å². The minimum Gasteiger partial charge on any atom is -0.497 e. The van der Waals surface area contributed by atoms with Crippen LogP contribution in [0.25, 0.3) is 0 Å². The van der Waals surface area contributed by atoms with E-state index in [1.54, 1.807) is 31.4 Å². The number of carbonyl (C=O) groups is 1. The SMILES string of the molecule is CCCOC(=O)CC(O)c1cccc(OC)c1. The van der Waals surface area contributed by atoms with Crippen molar-refractivity contribution in [3.8, 4) is 5.75 Å². The van der Waals surface area contributed by atoms with Crippen LogP contribution in [0.1, 0.15) is 31.4 Å². The van der Waals surface area contributed by atoms with Gasteiger partial charge in [-0.05, 0) is 24.1 Å². The second-order valence-electron chi connectivity index (χ2n) is 3.72. The van der Waals surface area contributed by atoms with Crippen molar-refractivity contribution in [2.45, 2.75) is 25.9 Å². The van der Waals surface area contributed by atoms with Gasteiger partial charge in [-0.3, -0.25) is 4.79 Å². The summed E-state index contributed by atoms with van der Waals surface area (Å²) in [5, 5.41) is 9.85. The van der Waals surface area contributed by atoms with E-state index in [-0.39, 0.29) is 12.4 Å². The maximum Gasteiger partial charge on any atom is 0.308 e. The van der Waals surface area contributed by atoms with Gasteiger partial charge in [0.1, 0.15) is 5.75 Å². The van der Waals surface area contributed by atoms with Crippen molar-refractivity contribution in [3.63, 3.8) is 0 Å². The molecule has 1 rings (SSSR count). The first-order valence-electron chi connectivity index (χ1n) is 5.65. The topological polar surface area (TPSA) is 55.8 Å². The highest BCUT2D eigenvalue weighted by atomic mass is 16.5. The first kappa shape index (κ1) is 13.5. The van der Waals surface area contributed by atoms with E-state index in [4.69, 9.17) is 9.47 Å². The lowest BCUT2D eigenvalue weighted by atomic mass is 10.1. The lowest BCUT2D eigenvalue weighted by Gasteiger charge is -2.11. The molecule has 94 valence electrons. The summed E-state index contributed by atoms with van der Waals surface area (Å²) < 4.78 is 9.96. The fraction of sp³-hybridized carbons (Fsp3) is 0.462. The summed E-state index contributed by atoms with van der Waals surface area (Å²) in [7, 11) is 1.56. The summed E-state index contributed by atoms with van der Waals surface area (Å²) in [6.07, 6.45) is -0.108. The van der Waals surface area contributed by atoms with Crippen molar-refractivity contribution in [3.05, 3.63) is 29.8 Å². The van der Waals surface area contributed by atoms with Gasteiger partial charge in [0.25, 0.3) is 0 Å². The van der Waals surface area contributed by atoms with E-state index >= 15 is 0 Å². The number of carbonyl (C=O) groups excluding carboxylic acids is 1. The van der Waals surface area contributed by atoms with Crippen molar-refractivity contribution in [1.82, 2.24) is 0 Å². The summed E-state index contributed by atoms with van der Waals surface area (Å²) in [6, 6.07) is 7.01. The van der Waals surface area contributed by atoms with Gasteiger partial charge in [0.15, 0.2) is 0 Å². The number of esters is 1. The van der Waals surface area contributed by atoms with Gasteiger partial charge in [-0.1, -0.05) is 19.1 Å². The van der Waals surface area contributed by atoms with Crippen LogP contribution in [0.4, 0.5) is 0 Å². The number of aliphatic hydroxyl groups excluding tert-OH is 1. The van der Waals surface area contributed by atoms with Crippen LogP contribution in [0.15, 0.2) is 24.3 Å². The molecule has 1 aromatic rings. The summed E-state index contributed by atoms with van der Waals surface area (Å²) in [4.78, 5) is 11.3. The molecular formula is C13H18O4. The molecule has 4 nitrogen and oxygen atoms in total. The molecule has 1 unspecified atom stereocenters. The Hall–Kier alpha value is -1.55. The molecule has 0 aromatic heterocycles. The summed E-state index contributed by atoms with van der Waals surface area (Å²) in [5.74, 6) is 0.269. The highest BCUT2D eigenvalue weighted by Crippen LogP contribution is 2.21. The molecule has 0 bridgehead atoms. The highest BCUT2D eigenvalue weighted by Gasteiger charge is 2.14. The van der Waals surface area contributed by atoms with Crippen LogP contribution in [-0.2, 0) is 9.53 Å². The van der Waals surface area contributed by atoms with E-state index in [1.165, 1.54) is 0 Å². The third-order valence-corrected chi connectivity index (χ3v) is 2.31. The Balaban J connectivity index is 2.56. The maximum absolute atomic E-state index is 11.3. The monoisotopic (exact) mass is 238 g/mol. The quantitative estimate of drug-likeness (QED) is 0.771. The van der Waals surface area contributed by atoms with Crippen molar-refractivity contribution in [1.29, 1.82) is 0 Å².